The number of likely N-dealkylation sites (N-methyl/N-ethyl adjacent to an activating group) is 1. The number of thioether (sulfide) groups is 1. The molecule has 0 spiro atoms. The maximum absolute atomic E-state index is 13.0. The first-order valence-corrected chi connectivity index (χ1v) is 12.5. The number of carboxylic acid groups (broad SMARTS) is 1. The smallest absolute Gasteiger partial charge is 0.353 e. The van der Waals surface area contributed by atoms with Gasteiger partial charge in [0.2, 0.25) is 11.8 Å². The third-order valence-corrected chi connectivity index (χ3v) is 8.66. The molecule has 0 bridgehead atoms. The number of carbonyl (C=O) groups excluding carboxylic acids is 2. The Morgan fingerprint density at radius 3 is 2.59 bits per heavy atom. The minimum Gasteiger partial charge on any atom is -0.477 e. The molecule has 2 fully saturated rings. The van der Waals surface area contributed by atoms with Crippen molar-refractivity contribution in [1.29, 1.82) is 0 Å². The van der Waals surface area contributed by atoms with E-state index in [0.29, 0.717) is 24.4 Å². The summed E-state index contributed by atoms with van der Waals surface area (Å²) >= 11 is 1.48. The van der Waals surface area contributed by atoms with Crippen LogP contribution in [0.4, 0.5) is 0 Å². The average Bonchev–Trinajstić information content (AvgIpc) is 3.24. The van der Waals surface area contributed by atoms with Crippen molar-refractivity contribution in [2.75, 3.05) is 20.6 Å². The molecule has 8 nitrogen and oxygen atoms in total. The van der Waals surface area contributed by atoms with Crippen molar-refractivity contribution in [3.8, 4) is 0 Å². The minimum atomic E-state index is -1.12. The van der Waals surface area contributed by atoms with Crippen LogP contribution in [-0.2, 0) is 20.9 Å². The Bertz CT molecular complexity index is 1040. The molecule has 3 aliphatic rings. The van der Waals surface area contributed by atoms with Gasteiger partial charge in [-0.1, -0.05) is 36.8 Å². The topological polar surface area (TPSA) is 101 Å². The average molecular weight is 488 g/mol. The van der Waals surface area contributed by atoms with Gasteiger partial charge in [-0.3, -0.25) is 14.5 Å². The summed E-state index contributed by atoms with van der Waals surface area (Å²) in [6.07, 6.45) is -0.219. The monoisotopic (exact) mass is 487 g/mol. The van der Waals surface area contributed by atoms with Gasteiger partial charge in [0.15, 0.2) is 0 Å². The lowest BCUT2D eigenvalue weighted by Gasteiger charge is -2.46. The van der Waals surface area contributed by atoms with E-state index in [1.165, 1.54) is 16.7 Å². The number of hydrogen-bond acceptors (Lipinski definition) is 6. The number of amides is 2. The zero-order valence-electron chi connectivity index (χ0n) is 20.3. The second-order valence-corrected chi connectivity index (χ2v) is 11.3. The molecule has 0 unspecified atom stereocenters. The molecule has 34 heavy (non-hydrogen) atoms. The minimum absolute atomic E-state index is 0.0179. The number of benzene rings is 1. The highest BCUT2D eigenvalue weighted by atomic mass is 32.2. The van der Waals surface area contributed by atoms with E-state index >= 15 is 0 Å². The molecule has 0 aliphatic carbocycles. The van der Waals surface area contributed by atoms with Gasteiger partial charge in [0.25, 0.3) is 0 Å². The molecule has 184 valence electrons. The van der Waals surface area contributed by atoms with Crippen LogP contribution in [0.15, 0.2) is 34.9 Å². The molecule has 4 rings (SSSR count). The Morgan fingerprint density at radius 2 is 2.00 bits per heavy atom. The highest BCUT2D eigenvalue weighted by Crippen LogP contribution is 2.52. The molecule has 3 heterocycles. The lowest BCUT2D eigenvalue weighted by Crippen LogP contribution is -2.63. The number of nitrogens with zero attached hydrogens (tertiary/aromatic N) is 3. The second-order valence-electron chi connectivity index (χ2n) is 9.91. The van der Waals surface area contributed by atoms with Crippen molar-refractivity contribution in [3.05, 3.63) is 46.0 Å². The molecule has 0 aromatic heterocycles. The molecule has 2 saturated heterocycles. The number of aliphatic hydroxyl groups excluding tert-OH is 1. The lowest BCUT2D eigenvalue weighted by molar-refractivity contribution is -0.163. The van der Waals surface area contributed by atoms with Crippen LogP contribution in [0.2, 0.25) is 0 Å². The number of aliphatic hydroxyl groups is 1. The van der Waals surface area contributed by atoms with E-state index in [-0.39, 0.29) is 40.8 Å². The van der Waals surface area contributed by atoms with Gasteiger partial charge in [-0.15, -0.1) is 11.8 Å². The van der Waals surface area contributed by atoms with Crippen molar-refractivity contribution >= 4 is 29.5 Å². The first kappa shape index (κ1) is 24.8. The standard InChI is InChI=1S/C25H33N3O5S/c1-13-7-6-8-16(9-13)11-27-12-17(10-18(27)23(30)26(4)5)34-22-14(2)20-19(15(3)29)24(31)28(20)21(22)25(32)33/h6-9,14-15,17-20,29H,10-12H2,1-5H3,(H,32,33)/t14-,15-,17+,18+,19-,20-/m1/s1. The number of hydrogen-bond donors (Lipinski definition) is 2. The number of carbonyl (C=O) groups is 3. The third-order valence-electron chi connectivity index (χ3n) is 7.16. The van der Waals surface area contributed by atoms with Gasteiger partial charge in [0.1, 0.15) is 5.70 Å². The largest absolute Gasteiger partial charge is 0.477 e. The van der Waals surface area contributed by atoms with Gasteiger partial charge in [0, 0.05) is 43.3 Å². The van der Waals surface area contributed by atoms with Crippen LogP contribution in [0.5, 0.6) is 0 Å². The lowest BCUT2D eigenvalue weighted by atomic mass is 9.79. The molecule has 1 aromatic carbocycles. The molecule has 0 saturated carbocycles. The predicted octanol–water partition coefficient (Wildman–Crippen LogP) is 1.91. The fourth-order valence-corrected chi connectivity index (χ4v) is 7.13. The van der Waals surface area contributed by atoms with E-state index in [1.54, 1.807) is 25.9 Å². The molecule has 9 heteroatoms. The number of fused-ring (bicyclic) bond motifs is 1. The maximum atomic E-state index is 13.0. The summed E-state index contributed by atoms with van der Waals surface area (Å²) in [6.45, 7) is 6.84. The molecule has 2 amide bonds. The third kappa shape index (κ3) is 4.25. The Morgan fingerprint density at radius 1 is 1.29 bits per heavy atom. The predicted molar refractivity (Wildman–Crippen MR) is 130 cm³/mol. The summed E-state index contributed by atoms with van der Waals surface area (Å²) in [7, 11) is 3.51. The molecule has 1 aromatic rings. The SMILES string of the molecule is Cc1cccc(CN2C[C@@H](SC3=C(C(=O)O)N4C(=O)[C@H]([C@@H](C)O)[C@H]4[C@H]3C)C[C@H]2C(=O)N(C)C)c1. The van der Waals surface area contributed by atoms with Crippen LogP contribution >= 0.6 is 11.8 Å². The summed E-state index contributed by atoms with van der Waals surface area (Å²) in [4.78, 5) is 43.6. The summed E-state index contributed by atoms with van der Waals surface area (Å²) in [6, 6.07) is 7.62. The number of likely N-dealkylation sites (tertiary alicyclic amines) is 1. The van der Waals surface area contributed by atoms with Crippen LogP contribution in [0.25, 0.3) is 0 Å². The Hall–Kier alpha value is -2.36. The highest BCUT2D eigenvalue weighted by Gasteiger charge is 2.60. The van der Waals surface area contributed by atoms with Gasteiger partial charge >= 0.3 is 5.97 Å². The van der Waals surface area contributed by atoms with E-state index in [1.807, 2.05) is 26.0 Å². The zero-order valence-corrected chi connectivity index (χ0v) is 21.1. The van der Waals surface area contributed by atoms with Crippen molar-refractivity contribution in [3.63, 3.8) is 0 Å². The fourth-order valence-electron chi connectivity index (χ4n) is 5.58. The Labute approximate surface area is 204 Å². The molecule has 6 atom stereocenters. The van der Waals surface area contributed by atoms with Gasteiger partial charge < -0.3 is 20.0 Å². The van der Waals surface area contributed by atoms with Crippen LogP contribution < -0.4 is 0 Å². The number of carboxylic acids is 1. The maximum Gasteiger partial charge on any atom is 0.353 e. The highest BCUT2D eigenvalue weighted by molar-refractivity contribution is 8.03. The zero-order chi connectivity index (χ0) is 24.9. The van der Waals surface area contributed by atoms with E-state index in [0.717, 1.165) is 11.1 Å². The van der Waals surface area contributed by atoms with E-state index in [2.05, 4.69) is 17.0 Å². The number of aryl methyl sites for hydroxylation is 1. The number of β-lactam (4-membered cyclic amide) rings is 1. The second kappa shape index (κ2) is 9.36. The van der Waals surface area contributed by atoms with E-state index < -0.39 is 18.0 Å². The van der Waals surface area contributed by atoms with Crippen LogP contribution in [0.3, 0.4) is 0 Å². The van der Waals surface area contributed by atoms with Gasteiger partial charge in [-0.05, 0) is 25.8 Å². The molecular formula is C25H33N3O5S. The van der Waals surface area contributed by atoms with Gasteiger partial charge in [0.05, 0.1) is 24.1 Å². The van der Waals surface area contributed by atoms with Crippen LogP contribution in [0, 0.1) is 18.8 Å². The quantitative estimate of drug-likeness (QED) is 0.567. The molecular weight excluding hydrogens is 454 g/mol. The van der Waals surface area contributed by atoms with E-state index in [4.69, 9.17) is 0 Å². The van der Waals surface area contributed by atoms with Gasteiger partial charge in [-0.25, -0.2) is 4.79 Å². The van der Waals surface area contributed by atoms with Crippen molar-refractivity contribution in [2.45, 2.75) is 57.2 Å². The van der Waals surface area contributed by atoms with E-state index in [9.17, 15) is 24.6 Å². The van der Waals surface area contributed by atoms with Gasteiger partial charge in [-0.2, -0.15) is 0 Å². The summed E-state index contributed by atoms with van der Waals surface area (Å²) in [5, 5.41) is 20.0. The summed E-state index contributed by atoms with van der Waals surface area (Å²) in [5.41, 5.74) is 2.34. The Balaban J connectivity index is 1.58. The number of aliphatic carboxylic acids is 1. The normalized spacial score (nSPS) is 29.8. The Kier molecular flexibility index (Phi) is 6.81. The fraction of sp³-hybridized carbons (Fsp3) is 0.560. The first-order chi connectivity index (χ1) is 16.0. The molecule has 2 N–H and O–H groups in total. The van der Waals surface area contributed by atoms with Crippen molar-refractivity contribution in [1.82, 2.24) is 14.7 Å². The molecule has 0 radical (unpaired) electrons. The first-order valence-electron chi connectivity index (χ1n) is 11.7. The van der Waals surface area contributed by atoms with Crippen molar-refractivity contribution < 1.29 is 24.6 Å². The number of rotatable bonds is 7. The van der Waals surface area contributed by atoms with Crippen molar-refractivity contribution in [2.24, 2.45) is 11.8 Å². The summed E-state index contributed by atoms with van der Waals surface area (Å²) in [5.74, 6) is -2.16. The summed E-state index contributed by atoms with van der Waals surface area (Å²) < 4.78 is 0. The van der Waals surface area contributed by atoms with Crippen LogP contribution in [0.1, 0.15) is 31.4 Å². The molecule has 3 aliphatic heterocycles. The van der Waals surface area contributed by atoms with Crippen LogP contribution in [-0.4, -0.2) is 86.8 Å².